The summed E-state index contributed by atoms with van der Waals surface area (Å²) in [7, 11) is 0. The maximum atomic E-state index is 12.5. The summed E-state index contributed by atoms with van der Waals surface area (Å²) < 4.78 is 12.5. The lowest BCUT2D eigenvalue weighted by molar-refractivity contribution is 0.417. The molecule has 0 spiro atoms. The van der Waals surface area contributed by atoms with E-state index in [1.54, 1.807) is 0 Å². The Morgan fingerprint density at radius 1 is 1.43 bits per heavy atom. The first-order chi connectivity index (χ1) is 6.81. The maximum absolute atomic E-state index is 12.5. The first kappa shape index (κ1) is 9.70. The van der Waals surface area contributed by atoms with Crippen LogP contribution in [0.3, 0.4) is 0 Å². The minimum atomic E-state index is -0.256. The van der Waals surface area contributed by atoms with Crippen molar-refractivity contribution in [3.05, 3.63) is 35.4 Å². The Morgan fingerprint density at radius 2 is 2.21 bits per heavy atom. The molecule has 0 nitrogen and oxygen atoms in total. The van der Waals surface area contributed by atoms with Crippen LogP contribution in [0.2, 0.25) is 0 Å². The predicted octanol–water partition coefficient (Wildman–Crippen LogP) is 4.03. The van der Waals surface area contributed by atoms with Gasteiger partial charge in [-0.3, -0.25) is 4.39 Å². The number of rotatable bonds is 3. The van der Waals surface area contributed by atoms with Crippen LogP contribution in [-0.4, -0.2) is 6.67 Å². The normalized spacial score (nSPS) is 19.0. The van der Waals surface area contributed by atoms with Crippen LogP contribution in [0.25, 0.3) is 0 Å². The second-order valence-electron chi connectivity index (χ2n) is 4.35. The highest BCUT2D eigenvalue weighted by Crippen LogP contribution is 2.37. The summed E-state index contributed by atoms with van der Waals surface area (Å²) in [6.07, 6.45) is 3.98. The van der Waals surface area contributed by atoms with Gasteiger partial charge in [-0.25, -0.2) is 0 Å². The van der Waals surface area contributed by atoms with E-state index in [0.29, 0.717) is 0 Å². The van der Waals surface area contributed by atoms with Gasteiger partial charge in [0.15, 0.2) is 0 Å². The molecule has 0 radical (unpaired) electrons. The summed E-state index contributed by atoms with van der Waals surface area (Å²) in [5, 5.41) is 0. The highest BCUT2D eigenvalue weighted by atomic mass is 19.1. The van der Waals surface area contributed by atoms with Crippen molar-refractivity contribution < 1.29 is 4.39 Å². The van der Waals surface area contributed by atoms with Crippen LogP contribution in [0, 0.1) is 0 Å². The van der Waals surface area contributed by atoms with E-state index in [4.69, 9.17) is 0 Å². The molecule has 1 heteroatoms. The smallest absolute Gasteiger partial charge is 0.0960 e. The summed E-state index contributed by atoms with van der Waals surface area (Å²) in [5.74, 6) is 0.803. The quantitative estimate of drug-likeness (QED) is 0.678. The lowest BCUT2D eigenvalue weighted by Crippen LogP contribution is -2.09. The molecule has 0 saturated heterocycles. The van der Waals surface area contributed by atoms with Crippen LogP contribution in [0.4, 0.5) is 4.39 Å². The largest absolute Gasteiger partial charge is 0.250 e. The van der Waals surface area contributed by atoms with E-state index in [9.17, 15) is 4.39 Å². The van der Waals surface area contributed by atoms with Crippen LogP contribution in [0.5, 0.6) is 0 Å². The summed E-state index contributed by atoms with van der Waals surface area (Å²) in [5.41, 5.74) is 2.56. The zero-order chi connectivity index (χ0) is 9.97. The first-order valence-electron chi connectivity index (χ1n) is 5.47. The monoisotopic (exact) mass is 192 g/mol. The zero-order valence-electron chi connectivity index (χ0n) is 8.67. The van der Waals surface area contributed by atoms with Gasteiger partial charge in [-0.05, 0) is 29.9 Å². The Balaban J connectivity index is 2.17. The number of alkyl halides is 1. The van der Waals surface area contributed by atoms with Crippen molar-refractivity contribution in [3.63, 3.8) is 0 Å². The van der Waals surface area contributed by atoms with Crippen molar-refractivity contribution in [1.29, 1.82) is 0 Å². The summed E-state index contributed by atoms with van der Waals surface area (Å²) >= 11 is 0. The van der Waals surface area contributed by atoms with Crippen molar-refractivity contribution in [2.45, 2.75) is 38.0 Å². The fraction of sp³-hybridized carbons (Fsp3) is 0.538. The summed E-state index contributed by atoms with van der Waals surface area (Å²) in [6, 6.07) is 8.47. The van der Waals surface area contributed by atoms with Gasteiger partial charge < -0.3 is 0 Å². The van der Waals surface area contributed by atoms with Crippen molar-refractivity contribution in [2.24, 2.45) is 0 Å². The average molecular weight is 192 g/mol. The molecule has 1 saturated carbocycles. The van der Waals surface area contributed by atoms with Crippen LogP contribution < -0.4 is 0 Å². The topological polar surface area (TPSA) is 0 Å². The molecule has 1 atom stereocenters. The Labute approximate surface area is 85.1 Å². The molecule has 0 heterocycles. The maximum Gasteiger partial charge on any atom is 0.0960 e. The van der Waals surface area contributed by atoms with E-state index in [1.165, 1.54) is 24.8 Å². The lowest BCUT2D eigenvalue weighted by atomic mass is 9.79. The third kappa shape index (κ3) is 1.82. The molecular weight excluding hydrogens is 175 g/mol. The Kier molecular flexibility index (Phi) is 2.85. The minimum absolute atomic E-state index is 0.0510. The number of hydrogen-bond acceptors (Lipinski definition) is 0. The molecular formula is C13H17F. The van der Waals surface area contributed by atoms with E-state index in [-0.39, 0.29) is 12.6 Å². The van der Waals surface area contributed by atoms with Gasteiger partial charge in [0.25, 0.3) is 0 Å². The summed E-state index contributed by atoms with van der Waals surface area (Å²) in [6.45, 7) is 1.69. The molecule has 2 rings (SSSR count). The number of halogens is 1. The number of hydrogen-bond donors (Lipinski definition) is 0. The second kappa shape index (κ2) is 4.12. The lowest BCUT2D eigenvalue weighted by Gasteiger charge is -2.26. The average Bonchev–Trinajstić information content (AvgIpc) is 2.14. The molecule has 1 aliphatic carbocycles. The molecule has 1 unspecified atom stereocenters. The molecule has 0 bridgehead atoms. The molecule has 1 fully saturated rings. The van der Waals surface area contributed by atoms with Gasteiger partial charge in [0, 0.05) is 5.92 Å². The fourth-order valence-electron chi connectivity index (χ4n) is 1.95. The van der Waals surface area contributed by atoms with Crippen LogP contribution in [0.15, 0.2) is 24.3 Å². The van der Waals surface area contributed by atoms with E-state index in [2.05, 4.69) is 18.2 Å². The third-order valence-corrected chi connectivity index (χ3v) is 3.29. The van der Waals surface area contributed by atoms with Crippen molar-refractivity contribution >= 4 is 0 Å². The Hall–Kier alpha value is -0.850. The first-order valence-corrected chi connectivity index (χ1v) is 5.47. The van der Waals surface area contributed by atoms with Gasteiger partial charge in [-0.2, -0.15) is 0 Å². The fourth-order valence-corrected chi connectivity index (χ4v) is 1.95. The van der Waals surface area contributed by atoms with E-state index in [1.807, 2.05) is 13.0 Å². The van der Waals surface area contributed by atoms with Crippen molar-refractivity contribution in [1.82, 2.24) is 0 Å². The van der Waals surface area contributed by atoms with Gasteiger partial charge >= 0.3 is 0 Å². The predicted molar refractivity (Wildman–Crippen MR) is 57.4 cm³/mol. The van der Waals surface area contributed by atoms with Gasteiger partial charge in [0.05, 0.1) is 6.67 Å². The highest BCUT2D eigenvalue weighted by molar-refractivity contribution is 5.29. The molecule has 76 valence electrons. The molecule has 0 aromatic heterocycles. The van der Waals surface area contributed by atoms with Gasteiger partial charge in [-0.1, -0.05) is 37.6 Å². The molecule has 0 amide bonds. The van der Waals surface area contributed by atoms with Crippen LogP contribution in [0.1, 0.15) is 49.1 Å². The van der Waals surface area contributed by atoms with Crippen molar-refractivity contribution in [3.8, 4) is 0 Å². The number of benzene rings is 1. The molecule has 1 aromatic carbocycles. The molecule has 0 N–H and O–H groups in total. The molecule has 0 aliphatic heterocycles. The summed E-state index contributed by atoms with van der Waals surface area (Å²) in [4.78, 5) is 0. The van der Waals surface area contributed by atoms with Crippen LogP contribution >= 0.6 is 0 Å². The minimum Gasteiger partial charge on any atom is -0.250 e. The van der Waals surface area contributed by atoms with E-state index < -0.39 is 0 Å². The third-order valence-electron chi connectivity index (χ3n) is 3.29. The van der Waals surface area contributed by atoms with Crippen LogP contribution in [-0.2, 0) is 0 Å². The SMILES string of the molecule is CC(CF)c1cccc(C2CCC2)c1. The Bertz CT molecular complexity index is 282. The molecule has 1 aromatic rings. The van der Waals surface area contributed by atoms with Gasteiger partial charge in [-0.15, -0.1) is 0 Å². The Morgan fingerprint density at radius 3 is 2.79 bits per heavy atom. The molecule has 14 heavy (non-hydrogen) atoms. The van der Waals surface area contributed by atoms with E-state index >= 15 is 0 Å². The second-order valence-corrected chi connectivity index (χ2v) is 4.35. The molecule has 1 aliphatic rings. The zero-order valence-corrected chi connectivity index (χ0v) is 8.67. The van der Waals surface area contributed by atoms with E-state index in [0.717, 1.165) is 11.5 Å². The standard InChI is InChI=1S/C13H17F/c1-10(9-14)12-6-3-7-13(8-12)11-4-2-5-11/h3,6-8,10-11H,2,4-5,9H2,1H3. The van der Waals surface area contributed by atoms with Gasteiger partial charge in [0.2, 0.25) is 0 Å². The van der Waals surface area contributed by atoms with Gasteiger partial charge in [0.1, 0.15) is 0 Å². The van der Waals surface area contributed by atoms with Crippen molar-refractivity contribution in [2.75, 3.05) is 6.67 Å². The highest BCUT2D eigenvalue weighted by Gasteiger charge is 2.19.